The van der Waals surface area contributed by atoms with Gasteiger partial charge in [0.05, 0.1) is 5.60 Å². The lowest BCUT2D eigenvalue weighted by Crippen LogP contribution is -2.44. The molecule has 4 heteroatoms. The van der Waals surface area contributed by atoms with Crippen LogP contribution in [0.15, 0.2) is 30.3 Å². The number of nitrogens with one attached hydrogen (secondary N) is 1. The molecule has 0 saturated heterocycles. The molecule has 4 nitrogen and oxygen atoms in total. The molecule has 0 aliphatic heterocycles. The Hall–Kier alpha value is -1.39. The molecule has 106 valence electrons. The average molecular weight is 264 g/mol. The number of carbonyl (C=O) groups is 1. The largest absolute Gasteiger partial charge is 0.388 e. The Morgan fingerprint density at radius 2 is 1.95 bits per heavy atom. The predicted octanol–water partition coefficient (Wildman–Crippen LogP) is 1.60. The second-order valence-corrected chi connectivity index (χ2v) is 5.70. The van der Waals surface area contributed by atoms with E-state index in [9.17, 15) is 9.90 Å². The summed E-state index contributed by atoms with van der Waals surface area (Å²) in [5.74, 6) is 0.102. The van der Waals surface area contributed by atoms with Crippen molar-refractivity contribution in [2.75, 3.05) is 6.54 Å². The van der Waals surface area contributed by atoms with E-state index in [0.29, 0.717) is 12.3 Å². The highest BCUT2D eigenvalue weighted by Crippen LogP contribution is 2.16. The second kappa shape index (κ2) is 6.68. The zero-order valence-electron chi connectivity index (χ0n) is 11.9. The van der Waals surface area contributed by atoms with Crippen LogP contribution in [0.3, 0.4) is 0 Å². The summed E-state index contributed by atoms with van der Waals surface area (Å²) in [7, 11) is 0. The maximum atomic E-state index is 11.9. The minimum absolute atomic E-state index is 0.213. The highest BCUT2D eigenvalue weighted by molar-refractivity contribution is 5.82. The fourth-order valence-electron chi connectivity index (χ4n) is 2.15. The average Bonchev–Trinajstić information content (AvgIpc) is 2.34. The monoisotopic (exact) mass is 264 g/mol. The number of aliphatic hydroxyl groups is 1. The van der Waals surface area contributed by atoms with Gasteiger partial charge in [0, 0.05) is 6.54 Å². The fourth-order valence-corrected chi connectivity index (χ4v) is 2.15. The van der Waals surface area contributed by atoms with Gasteiger partial charge in [0.2, 0.25) is 5.91 Å². The van der Waals surface area contributed by atoms with E-state index in [1.165, 1.54) is 0 Å². The van der Waals surface area contributed by atoms with Crippen molar-refractivity contribution in [1.29, 1.82) is 0 Å². The molecule has 0 radical (unpaired) electrons. The molecule has 1 aromatic rings. The van der Waals surface area contributed by atoms with Gasteiger partial charge in [0.15, 0.2) is 0 Å². The number of nitrogens with two attached hydrogens (primary N) is 1. The van der Waals surface area contributed by atoms with Crippen LogP contribution in [0.2, 0.25) is 0 Å². The zero-order chi connectivity index (χ0) is 14.5. The van der Waals surface area contributed by atoms with Gasteiger partial charge in [-0.3, -0.25) is 4.79 Å². The van der Waals surface area contributed by atoms with Gasteiger partial charge in [-0.25, -0.2) is 0 Å². The van der Waals surface area contributed by atoms with Crippen molar-refractivity contribution in [3.05, 3.63) is 35.9 Å². The summed E-state index contributed by atoms with van der Waals surface area (Å²) < 4.78 is 0. The Bertz CT molecular complexity index is 402. The lowest BCUT2D eigenvalue weighted by atomic mass is 9.94. The van der Waals surface area contributed by atoms with Gasteiger partial charge in [-0.2, -0.15) is 0 Å². The van der Waals surface area contributed by atoms with Crippen molar-refractivity contribution < 1.29 is 9.90 Å². The van der Waals surface area contributed by atoms with Crippen molar-refractivity contribution in [3.8, 4) is 0 Å². The molecule has 19 heavy (non-hydrogen) atoms. The molecular weight excluding hydrogens is 240 g/mol. The van der Waals surface area contributed by atoms with Gasteiger partial charge in [-0.15, -0.1) is 0 Å². The minimum atomic E-state index is -0.903. The van der Waals surface area contributed by atoms with E-state index in [0.717, 1.165) is 5.56 Å². The maximum absolute atomic E-state index is 11.9. The van der Waals surface area contributed by atoms with Gasteiger partial charge < -0.3 is 16.2 Å². The maximum Gasteiger partial charge on any atom is 0.241 e. The number of carbonyl (C=O) groups excluding carboxylic acids is 1. The van der Waals surface area contributed by atoms with Crippen LogP contribution in [0.4, 0.5) is 0 Å². The van der Waals surface area contributed by atoms with Crippen LogP contribution in [0.5, 0.6) is 0 Å². The third-order valence-corrected chi connectivity index (χ3v) is 2.93. The molecule has 0 heterocycles. The molecule has 0 aromatic heterocycles. The molecule has 1 aromatic carbocycles. The van der Waals surface area contributed by atoms with Gasteiger partial charge in [0.1, 0.15) is 6.04 Å². The van der Waals surface area contributed by atoms with Crippen molar-refractivity contribution in [2.45, 2.75) is 38.8 Å². The molecule has 4 N–H and O–H groups in total. The molecule has 0 bridgehead atoms. The molecule has 0 spiro atoms. The van der Waals surface area contributed by atoms with Crippen molar-refractivity contribution >= 4 is 5.91 Å². The number of amides is 1. The summed E-state index contributed by atoms with van der Waals surface area (Å²) in [6.07, 6.45) is 0.633. The van der Waals surface area contributed by atoms with Gasteiger partial charge in [-0.1, -0.05) is 44.2 Å². The quantitative estimate of drug-likeness (QED) is 0.730. The van der Waals surface area contributed by atoms with Crippen molar-refractivity contribution in [3.63, 3.8) is 0 Å². The summed E-state index contributed by atoms with van der Waals surface area (Å²) >= 11 is 0. The van der Waals surface area contributed by atoms with Crippen LogP contribution in [0, 0.1) is 5.92 Å². The lowest BCUT2D eigenvalue weighted by molar-refractivity contribution is -0.123. The van der Waals surface area contributed by atoms with E-state index in [2.05, 4.69) is 5.32 Å². The molecule has 0 saturated carbocycles. The fraction of sp³-hybridized carbons (Fsp3) is 0.533. The Kier molecular flexibility index (Phi) is 5.51. The first-order valence-corrected chi connectivity index (χ1v) is 6.62. The van der Waals surface area contributed by atoms with E-state index < -0.39 is 11.6 Å². The smallest absolute Gasteiger partial charge is 0.241 e. The Morgan fingerprint density at radius 1 is 1.37 bits per heavy atom. The van der Waals surface area contributed by atoms with E-state index in [1.807, 2.05) is 44.2 Å². The van der Waals surface area contributed by atoms with E-state index in [-0.39, 0.29) is 12.5 Å². The number of hydrogen-bond acceptors (Lipinski definition) is 3. The third-order valence-electron chi connectivity index (χ3n) is 2.93. The van der Waals surface area contributed by atoms with Gasteiger partial charge in [0.25, 0.3) is 0 Å². The van der Waals surface area contributed by atoms with Crippen LogP contribution in [-0.2, 0) is 4.79 Å². The molecule has 2 atom stereocenters. The second-order valence-electron chi connectivity index (χ2n) is 5.70. The Balaban J connectivity index is 2.52. The van der Waals surface area contributed by atoms with Crippen LogP contribution in [0.1, 0.15) is 38.8 Å². The Morgan fingerprint density at radius 3 is 2.47 bits per heavy atom. The highest BCUT2D eigenvalue weighted by Gasteiger charge is 2.24. The van der Waals surface area contributed by atoms with E-state index >= 15 is 0 Å². The van der Waals surface area contributed by atoms with Gasteiger partial charge in [-0.05, 0) is 24.8 Å². The number of hydrogen-bond donors (Lipinski definition) is 3. The number of benzene rings is 1. The summed E-state index contributed by atoms with van der Waals surface area (Å²) in [5.41, 5.74) is 5.74. The standard InChI is InChI=1S/C15H24N2O2/c1-11(2)9-15(3,19)10-17-14(18)13(16)12-7-5-4-6-8-12/h4-8,11,13,19H,9-10,16H2,1-3H3,(H,17,18)/t13-,15?/m1/s1. The predicted molar refractivity (Wildman–Crippen MR) is 76.5 cm³/mol. The minimum Gasteiger partial charge on any atom is -0.388 e. The summed E-state index contributed by atoms with van der Waals surface area (Å²) in [5, 5.41) is 12.8. The van der Waals surface area contributed by atoms with Crippen LogP contribution < -0.4 is 11.1 Å². The zero-order valence-corrected chi connectivity index (χ0v) is 11.9. The molecular formula is C15H24N2O2. The van der Waals surface area contributed by atoms with Gasteiger partial charge >= 0.3 is 0 Å². The molecule has 1 unspecified atom stereocenters. The molecule has 1 rings (SSSR count). The third kappa shape index (κ3) is 5.41. The topological polar surface area (TPSA) is 75.3 Å². The van der Waals surface area contributed by atoms with E-state index in [1.54, 1.807) is 6.92 Å². The van der Waals surface area contributed by atoms with Crippen molar-refractivity contribution in [2.24, 2.45) is 11.7 Å². The molecule has 0 aliphatic rings. The highest BCUT2D eigenvalue weighted by atomic mass is 16.3. The molecule has 0 fully saturated rings. The molecule has 0 aliphatic carbocycles. The Labute approximate surface area is 115 Å². The van der Waals surface area contributed by atoms with Crippen LogP contribution >= 0.6 is 0 Å². The van der Waals surface area contributed by atoms with E-state index in [4.69, 9.17) is 5.73 Å². The normalized spacial score (nSPS) is 15.9. The summed E-state index contributed by atoms with van der Waals surface area (Å²) in [6.45, 7) is 6.00. The van der Waals surface area contributed by atoms with Crippen LogP contribution in [-0.4, -0.2) is 23.2 Å². The first-order chi connectivity index (χ1) is 8.82. The summed E-state index contributed by atoms with van der Waals surface area (Å²) in [4.78, 5) is 11.9. The lowest BCUT2D eigenvalue weighted by Gasteiger charge is -2.26. The SMILES string of the molecule is CC(C)CC(C)(O)CNC(=O)[C@H](N)c1ccccc1. The first kappa shape index (κ1) is 15.7. The van der Waals surface area contributed by atoms with Crippen LogP contribution in [0.25, 0.3) is 0 Å². The first-order valence-electron chi connectivity index (χ1n) is 6.62. The summed E-state index contributed by atoms with van der Waals surface area (Å²) in [6, 6.07) is 8.50. The number of rotatable bonds is 6. The molecule has 1 amide bonds. The van der Waals surface area contributed by atoms with Crippen molar-refractivity contribution in [1.82, 2.24) is 5.32 Å².